The molecule has 0 spiro atoms. The zero-order valence-electron chi connectivity index (χ0n) is 16.4. The minimum absolute atomic E-state index is 0. The van der Waals surface area contributed by atoms with Gasteiger partial charge >= 0.3 is 0 Å². The number of amides is 1. The van der Waals surface area contributed by atoms with Crippen LogP contribution in [0.4, 0.5) is 0 Å². The van der Waals surface area contributed by atoms with Crippen LogP contribution in [0.1, 0.15) is 11.1 Å². The Balaban J connectivity index is 0.00000392. The van der Waals surface area contributed by atoms with Gasteiger partial charge in [-0.15, -0.1) is 24.0 Å². The first-order valence-corrected chi connectivity index (χ1v) is 9.09. The van der Waals surface area contributed by atoms with E-state index in [0.29, 0.717) is 12.5 Å². The van der Waals surface area contributed by atoms with Crippen LogP contribution < -0.4 is 20.7 Å². The molecule has 0 heterocycles. The number of rotatable bonds is 9. The third kappa shape index (κ3) is 9.07. The normalized spacial score (nSPS) is 10.6. The zero-order valence-corrected chi connectivity index (χ0v) is 18.7. The van der Waals surface area contributed by atoms with E-state index in [2.05, 4.69) is 33.1 Å². The van der Waals surface area contributed by atoms with Gasteiger partial charge in [-0.25, -0.2) is 0 Å². The fourth-order valence-corrected chi connectivity index (χ4v) is 2.56. The van der Waals surface area contributed by atoms with Crippen LogP contribution in [0, 0.1) is 0 Å². The number of nitrogens with zero attached hydrogens (tertiary/aromatic N) is 1. The molecule has 0 aliphatic carbocycles. The molecule has 7 heteroatoms. The molecule has 0 bridgehead atoms. The number of hydrogen-bond acceptors (Lipinski definition) is 3. The standard InChI is InChI=1S/C21H28N4O2.HI/c1-22-21(24-15-13-18-8-10-19(27-2)11-9-18)25-16-20(26)23-14-12-17-6-4-3-5-7-17;/h3-11H,12-16H2,1-2H3,(H,23,26)(H2,22,24,25);1H. The van der Waals surface area contributed by atoms with E-state index >= 15 is 0 Å². The van der Waals surface area contributed by atoms with Gasteiger partial charge in [0.15, 0.2) is 5.96 Å². The van der Waals surface area contributed by atoms with Crippen molar-refractivity contribution in [2.24, 2.45) is 4.99 Å². The first-order valence-electron chi connectivity index (χ1n) is 9.09. The van der Waals surface area contributed by atoms with Gasteiger partial charge < -0.3 is 20.7 Å². The molecule has 0 aliphatic heterocycles. The molecule has 2 aromatic rings. The van der Waals surface area contributed by atoms with Gasteiger partial charge in [-0.1, -0.05) is 42.5 Å². The van der Waals surface area contributed by atoms with Gasteiger partial charge in [-0.3, -0.25) is 9.79 Å². The highest BCUT2D eigenvalue weighted by Crippen LogP contribution is 2.11. The first kappa shape index (κ1) is 23.7. The molecule has 2 rings (SSSR count). The second kappa shape index (κ2) is 13.8. The Morgan fingerprint density at radius 2 is 1.50 bits per heavy atom. The third-order valence-electron chi connectivity index (χ3n) is 4.08. The van der Waals surface area contributed by atoms with E-state index < -0.39 is 0 Å². The lowest BCUT2D eigenvalue weighted by molar-refractivity contribution is -0.119. The molecule has 0 fully saturated rings. The minimum atomic E-state index is -0.0518. The molecule has 2 aromatic carbocycles. The molecule has 0 saturated carbocycles. The molecule has 152 valence electrons. The van der Waals surface area contributed by atoms with Gasteiger partial charge in [-0.2, -0.15) is 0 Å². The molecule has 0 radical (unpaired) electrons. The summed E-state index contributed by atoms with van der Waals surface area (Å²) in [6, 6.07) is 18.1. The van der Waals surface area contributed by atoms with Gasteiger partial charge in [0.1, 0.15) is 5.75 Å². The highest BCUT2D eigenvalue weighted by atomic mass is 127. The van der Waals surface area contributed by atoms with Crippen molar-refractivity contribution in [3.05, 3.63) is 65.7 Å². The summed E-state index contributed by atoms with van der Waals surface area (Å²) in [6.07, 6.45) is 1.68. The summed E-state index contributed by atoms with van der Waals surface area (Å²) in [4.78, 5) is 16.1. The topological polar surface area (TPSA) is 74.8 Å². The van der Waals surface area contributed by atoms with Gasteiger partial charge in [-0.05, 0) is 36.1 Å². The number of halogens is 1. The van der Waals surface area contributed by atoms with Crippen molar-refractivity contribution in [2.45, 2.75) is 12.8 Å². The van der Waals surface area contributed by atoms with Crippen LogP contribution in [0.2, 0.25) is 0 Å². The number of nitrogens with one attached hydrogen (secondary N) is 3. The molecular formula is C21H29IN4O2. The summed E-state index contributed by atoms with van der Waals surface area (Å²) in [5.41, 5.74) is 2.42. The van der Waals surface area contributed by atoms with E-state index in [1.54, 1.807) is 14.2 Å². The van der Waals surface area contributed by atoms with Crippen LogP contribution >= 0.6 is 24.0 Å². The smallest absolute Gasteiger partial charge is 0.239 e. The Hall–Kier alpha value is -2.29. The van der Waals surface area contributed by atoms with Crippen molar-refractivity contribution in [1.82, 2.24) is 16.0 Å². The van der Waals surface area contributed by atoms with Crippen molar-refractivity contribution in [2.75, 3.05) is 33.8 Å². The van der Waals surface area contributed by atoms with E-state index in [1.807, 2.05) is 42.5 Å². The predicted molar refractivity (Wildman–Crippen MR) is 125 cm³/mol. The third-order valence-corrected chi connectivity index (χ3v) is 4.08. The molecular weight excluding hydrogens is 467 g/mol. The Kier molecular flexibility index (Phi) is 11.7. The van der Waals surface area contributed by atoms with Crippen LogP contribution in [-0.4, -0.2) is 45.7 Å². The summed E-state index contributed by atoms with van der Waals surface area (Å²) < 4.78 is 5.15. The summed E-state index contributed by atoms with van der Waals surface area (Å²) in [7, 11) is 3.35. The van der Waals surface area contributed by atoms with Crippen LogP contribution in [0.3, 0.4) is 0 Å². The van der Waals surface area contributed by atoms with Crippen LogP contribution in [0.15, 0.2) is 59.6 Å². The molecule has 0 aromatic heterocycles. The number of carbonyl (C=O) groups is 1. The van der Waals surface area contributed by atoms with Gasteiger partial charge in [0.25, 0.3) is 0 Å². The number of guanidine groups is 1. The Morgan fingerprint density at radius 3 is 2.11 bits per heavy atom. The summed E-state index contributed by atoms with van der Waals surface area (Å²) in [5.74, 6) is 1.41. The number of hydrogen-bond donors (Lipinski definition) is 3. The number of carbonyl (C=O) groups excluding carboxylic acids is 1. The number of benzene rings is 2. The summed E-state index contributed by atoms with van der Waals surface area (Å²) in [6.45, 7) is 1.53. The summed E-state index contributed by atoms with van der Waals surface area (Å²) in [5, 5.41) is 9.15. The maximum atomic E-state index is 11.9. The Bertz CT molecular complexity index is 721. The SMILES string of the molecule is CN=C(NCCc1ccc(OC)cc1)NCC(=O)NCCc1ccccc1.I. The van der Waals surface area contributed by atoms with Crippen molar-refractivity contribution in [1.29, 1.82) is 0 Å². The lowest BCUT2D eigenvalue weighted by atomic mass is 10.1. The van der Waals surface area contributed by atoms with E-state index in [1.165, 1.54) is 11.1 Å². The first-order chi connectivity index (χ1) is 13.2. The monoisotopic (exact) mass is 496 g/mol. The van der Waals surface area contributed by atoms with Crippen molar-refractivity contribution < 1.29 is 9.53 Å². The van der Waals surface area contributed by atoms with Gasteiger partial charge in [0, 0.05) is 20.1 Å². The average molecular weight is 496 g/mol. The lowest BCUT2D eigenvalue weighted by Crippen LogP contribution is -2.44. The number of methoxy groups -OCH3 is 1. The minimum Gasteiger partial charge on any atom is -0.497 e. The molecule has 1 amide bonds. The second-order valence-electron chi connectivity index (χ2n) is 6.04. The van der Waals surface area contributed by atoms with Crippen molar-refractivity contribution in [3.63, 3.8) is 0 Å². The molecule has 0 saturated heterocycles. The number of aliphatic imine (C=N–C) groups is 1. The molecule has 28 heavy (non-hydrogen) atoms. The molecule has 0 aliphatic rings. The zero-order chi connectivity index (χ0) is 19.3. The summed E-state index contributed by atoms with van der Waals surface area (Å²) >= 11 is 0. The van der Waals surface area contributed by atoms with Crippen LogP contribution in [0.25, 0.3) is 0 Å². The predicted octanol–water partition coefficient (Wildman–Crippen LogP) is 2.38. The molecule has 0 unspecified atom stereocenters. The van der Waals surface area contributed by atoms with E-state index in [9.17, 15) is 4.79 Å². The molecule has 3 N–H and O–H groups in total. The van der Waals surface area contributed by atoms with E-state index in [0.717, 1.165) is 25.1 Å². The maximum absolute atomic E-state index is 11.9. The quantitative estimate of drug-likeness (QED) is 0.283. The highest BCUT2D eigenvalue weighted by molar-refractivity contribution is 14.0. The highest BCUT2D eigenvalue weighted by Gasteiger charge is 2.03. The maximum Gasteiger partial charge on any atom is 0.239 e. The fourth-order valence-electron chi connectivity index (χ4n) is 2.56. The van der Waals surface area contributed by atoms with Gasteiger partial charge in [0.2, 0.25) is 5.91 Å². The van der Waals surface area contributed by atoms with Crippen LogP contribution in [-0.2, 0) is 17.6 Å². The average Bonchev–Trinajstić information content (AvgIpc) is 2.71. The molecule has 0 atom stereocenters. The fraction of sp³-hybridized carbons (Fsp3) is 0.333. The number of ether oxygens (including phenoxy) is 1. The Labute approximate surface area is 184 Å². The second-order valence-corrected chi connectivity index (χ2v) is 6.04. The van der Waals surface area contributed by atoms with Crippen LogP contribution in [0.5, 0.6) is 5.75 Å². The van der Waals surface area contributed by atoms with Crippen molar-refractivity contribution in [3.8, 4) is 5.75 Å². The van der Waals surface area contributed by atoms with E-state index in [4.69, 9.17) is 4.74 Å². The van der Waals surface area contributed by atoms with Gasteiger partial charge in [0.05, 0.1) is 13.7 Å². The Morgan fingerprint density at radius 1 is 0.893 bits per heavy atom. The molecule has 6 nitrogen and oxygen atoms in total. The largest absolute Gasteiger partial charge is 0.497 e. The van der Waals surface area contributed by atoms with E-state index in [-0.39, 0.29) is 36.4 Å². The lowest BCUT2D eigenvalue weighted by Gasteiger charge is -2.12. The van der Waals surface area contributed by atoms with Crippen molar-refractivity contribution >= 4 is 35.8 Å².